The predicted molar refractivity (Wildman–Crippen MR) is 110 cm³/mol. The molecule has 3 aromatic carbocycles. The van der Waals surface area contributed by atoms with Crippen molar-refractivity contribution in [1.82, 2.24) is 14.5 Å². The minimum Gasteiger partial charge on any atom is -0.301 e. The summed E-state index contributed by atoms with van der Waals surface area (Å²) in [6, 6.07) is 32.8. The van der Waals surface area contributed by atoms with E-state index in [9.17, 15) is 0 Å². The van der Waals surface area contributed by atoms with E-state index >= 15 is 0 Å². The topological polar surface area (TPSA) is 30.7 Å². The normalized spacial score (nSPS) is 11.0. The van der Waals surface area contributed by atoms with Crippen LogP contribution in [0.3, 0.4) is 0 Å². The Kier molecular flexibility index (Phi) is 3.76. The maximum atomic E-state index is 4.92. The number of benzene rings is 3. The zero-order valence-corrected chi connectivity index (χ0v) is 14.7. The summed E-state index contributed by atoms with van der Waals surface area (Å²) < 4.78 is 2.12. The van der Waals surface area contributed by atoms with E-state index in [4.69, 9.17) is 9.97 Å². The Bertz CT molecular complexity index is 1190. The third-order valence-electron chi connectivity index (χ3n) is 4.66. The first-order valence-corrected chi connectivity index (χ1v) is 8.95. The highest BCUT2D eigenvalue weighted by molar-refractivity contribution is 5.93. The molecule has 0 fully saturated rings. The fourth-order valence-electron chi connectivity index (χ4n) is 3.34. The van der Waals surface area contributed by atoms with Gasteiger partial charge >= 0.3 is 0 Å². The molecule has 0 N–H and O–H groups in total. The van der Waals surface area contributed by atoms with Crippen LogP contribution in [-0.2, 0) is 0 Å². The van der Waals surface area contributed by atoms with Gasteiger partial charge in [-0.3, -0.25) is 0 Å². The molecule has 128 valence electrons. The van der Waals surface area contributed by atoms with Crippen molar-refractivity contribution in [2.75, 3.05) is 0 Å². The average molecular weight is 347 g/mol. The van der Waals surface area contributed by atoms with Gasteiger partial charge in [0.05, 0.1) is 5.69 Å². The molecule has 0 atom stereocenters. The maximum absolute atomic E-state index is 4.92. The van der Waals surface area contributed by atoms with Crippen LogP contribution in [0.1, 0.15) is 0 Å². The van der Waals surface area contributed by atoms with Crippen molar-refractivity contribution < 1.29 is 0 Å². The molecule has 0 spiro atoms. The van der Waals surface area contributed by atoms with Gasteiger partial charge in [0.15, 0.2) is 5.82 Å². The highest BCUT2D eigenvalue weighted by atomic mass is 15.1. The molecule has 2 aromatic heterocycles. The molecule has 0 bridgehead atoms. The molecule has 0 unspecified atom stereocenters. The summed E-state index contributed by atoms with van der Waals surface area (Å²) >= 11 is 0. The van der Waals surface area contributed by atoms with E-state index in [0.29, 0.717) is 0 Å². The highest BCUT2D eigenvalue weighted by Gasteiger charge is 2.15. The van der Waals surface area contributed by atoms with Gasteiger partial charge in [-0.1, -0.05) is 78.9 Å². The number of para-hydroxylation sites is 1. The van der Waals surface area contributed by atoms with Crippen molar-refractivity contribution in [1.29, 1.82) is 0 Å². The fourth-order valence-corrected chi connectivity index (χ4v) is 3.34. The summed E-state index contributed by atoms with van der Waals surface area (Å²) in [5, 5.41) is 1.05. The van der Waals surface area contributed by atoms with Gasteiger partial charge in [0.2, 0.25) is 0 Å². The Balaban J connectivity index is 1.82. The zero-order chi connectivity index (χ0) is 18.1. The largest absolute Gasteiger partial charge is 0.301 e. The van der Waals surface area contributed by atoms with Crippen molar-refractivity contribution in [3.8, 4) is 28.3 Å². The maximum Gasteiger partial charge on any atom is 0.162 e. The molecule has 0 amide bonds. The Labute approximate surface area is 157 Å². The number of aromatic nitrogens is 3. The molecule has 2 heterocycles. The molecular weight excluding hydrogens is 330 g/mol. The SMILES string of the molecule is c1ccc(-c2nc(-c3ccccc3)c3ccn(-c4ccccc4)c3n2)cc1. The molecule has 0 aliphatic carbocycles. The monoisotopic (exact) mass is 347 g/mol. The van der Waals surface area contributed by atoms with Crippen molar-refractivity contribution in [3.63, 3.8) is 0 Å². The molecule has 3 heteroatoms. The van der Waals surface area contributed by atoms with Gasteiger partial charge in [0, 0.05) is 28.4 Å². The third kappa shape index (κ3) is 2.79. The summed E-state index contributed by atoms with van der Waals surface area (Å²) in [6.07, 6.45) is 2.07. The van der Waals surface area contributed by atoms with Crippen LogP contribution in [0.25, 0.3) is 39.4 Å². The number of fused-ring (bicyclic) bond motifs is 1. The van der Waals surface area contributed by atoms with Crippen LogP contribution in [0.4, 0.5) is 0 Å². The minimum absolute atomic E-state index is 0.734. The molecule has 3 nitrogen and oxygen atoms in total. The fraction of sp³-hybridized carbons (Fsp3) is 0. The van der Waals surface area contributed by atoms with Crippen molar-refractivity contribution in [3.05, 3.63) is 103 Å². The lowest BCUT2D eigenvalue weighted by Gasteiger charge is -2.09. The van der Waals surface area contributed by atoms with Crippen LogP contribution in [0.15, 0.2) is 103 Å². The summed E-state index contributed by atoms with van der Waals surface area (Å²) in [5.74, 6) is 0.734. The zero-order valence-electron chi connectivity index (χ0n) is 14.7. The van der Waals surface area contributed by atoms with E-state index < -0.39 is 0 Å². The second-order valence-corrected chi connectivity index (χ2v) is 6.39. The van der Waals surface area contributed by atoms with Crippen LogP contribution in [0.5, 0.6) is 0 Å². The molecule has 0 radical (unpaired) electrons. The van der Waals surface area contributed by atoms with Gasteiger partial charge in [-0.15, -0.1) is 0 Å². The van der Waals surface area contributed by atoms with Crippen LogP contribution < -0.4 is 0 Å². The summed E-state index contributed by atoms with van der Waals surface area (Å²) in [5.41, 5.74) is 5.05. The van der Waals surface area contributed by atoms with Gasteiger partial charge in [-0.05, 0) is 18.2 Å². The molecule has 5 aromatic rings. The molecule has 0 aliphatic rings. The predicted octanol–water partition coefficient (Wildman–Crippen LogP) is 5.75. The Morgan fingerprint density at radius 3 is 1.81 bits per heavy atom. The van der Waals surface area contributed by atoms with Gasteiger partial charge in [-0.2, -0.15) is 0 Å². The second kappa shape index (κ2) is 6.54. The first kappa shape index (κ1) is 15.5. The number of hydrogen-bond donors (Lipinski definition) is 0. The van der Waals surface area contributed by atoms with Gasteiger partial charge in [0.25, 0.3) is 0 Å². The number of hydrogen-bond acceptors (Lipinski definition) is 2. The van der Waals surface area contributed by atoms with Crippen LogP contribution in [0, 0.1) is 0 Å². The van der Waals surface area contributed by atoms with E-state index in [-0.39, 0.29) is 0 Å². The minimum atomic E-state index is 0.734. The lowest BCUT2D eigenvalue weighted by atomic mass is 10.1. The highest BCUT2D eigenvalue weighted by Crippen LogP contribution is 2.30. The Morgan fingerprint density at radius 2 is 1.15 bits per heavy atom. The van der Waals surface area contributed by atoms with Crippen LogP contribution in [-0.4, -0.2) is 14.5 Å². The molecule has 0 saturated heterocycles. The first-order valence-electron chi connectivity index (χ1n) is 8.95. The van der Waals surface area contributed by atoms with E-state index in [1.165, 1.54) is 0 Å². The summed E-state index contributed by atoms with van der Waals surface area (Å²) in [7, 11) is 0. The number of rotatable bonds is 3. The summed E-state index contributed by atoms with van der Waals surface area (Å²) in [6.45, 7) is 0. The molecule has 0 saturated carbocycles. The lowest BCUT2D eigenvalue weighted by Crippen LogP contribution is -1.98. The Hall–Kier alpha value is -3.72. The molecule has 5 rings (SSSR count). The molecule has 27 heavy (non-hydrogen) atoms. The lowest BCUT2D eigenvalue weighted by molar-refractivity contribution is 1.08. The third-order valence-corrected chi connectivity index (χ3v) is 4.66. The van der Waals surface area contributed by atoms with Crippen molar-refractivity contribution in [2.24, 2.45) is 0 Å². The van der Waals surface area contributed by atoms with E-state index in [1.807, 2.05) is 66.7 Å². The molecule has 0 aliphatic heterocycles. The smallest absolute Gasteiger partial charge is 0.162 e. The average Bonchev–Trinajstić information content (AvgIpc) is 3.19. The first-order chi connectivity index (χ1) is 13.4. The standard InChI is InChI=1S/C24H17N3/c1-4-10-18(11-5-1)22-21-16-17-27(20-14-8-3-9-15-20)24(21)26-23(25-22)19-12-6-2-7-13-19/h1-17H. The van der Waals surface area contributed by atoms with E-state index in [1.54, 1.807) is 0 Å². The molecular formula is C24H17N3. The van der Waals surface area contributed by atoms with Crippen LogP contribution >= 0.6 is 0 Å². The van der Waals surface area contributed by atoms with Gasteiger partial charge < -0.3 is 4.57 Å². The van der Waals surface area contributed by atoms with Crippen molar-refractivity contribution >= 4 is 11.0 Å². The van der Waals surface area contributed by atoms with Gasteiger partial charge in [-0.25, -0.2) is 9.97 Å². The summed E-state index contributed by atoms with van der Waals surface area (Å²) in [4.78, 5) is 9.84. The van der Waals surface area contributed by atoms with Gasteiger partial charge in [0.1, 0.15) is 5.65 Å². The quantitative estimate of drug-likeness (QED) is 0.416. The second-order valence-electron chi connectivity index (χ2n) is 6.39. The van der Waals surface area contributed by atoms with E-state index in [0.717, 1.165) is 39.4 Å². The Morgan fingerprint density at radius 1 is 0.556 bits per heavy atom. The van der Waals surface area contributed by atoms with Crippen molar-refractivity contribution in [2.45, 2.75) is 0 Å². The van der Waals surface area contributed by atoms with Crippen LogP contribution in [0.2, 0.25) is 0 Å². The van der Waals surface area contributed by atoms with E-state index in [2.05, 4.69) is 41.1 Å². The number of nitrogens with zero attached hydrogens (tertiary/aromatic N) is 3.